The number of rotatable bonds is 6. The second-order valence-corrected chi connectivity index (χ2v) is 4.18. The van der Waals surface area contributed by atoms with Crippen molar-refractivity contribution in [3.05, 3.63) is 47.5 Å². The van der Waals surface area contributed by atoms with Crippen LogP contribution in [-0.2, 0) is 0 Å². The minimum absolute atomic E-state index is 0.497. The van der Waals surface area contributed by atoms with Crippen LogP contribution in [0.5, 0.6) is 11.5 Å². The van der Waals surface area contributed by atoms with Crippen LogP contribution >= 0.6 is 15.9 Å². The van der Waals surface area contributed by atoms with Gasteiger partial charge in [0.2, 0.25) is 0 Å². The van der Waals surface area contributed by atoms with Gasteiger partial charge in [0, 0.05) is 0 Å². The van der Waals surface area contributed by atoms with Crippen molar-refractivity contribution in [3.8, 4) is 11.5 Å². The lowest BCUT2D eigenvalue weighted by molar-refractivity contribution is 0.346. The van der Waals surface area contributed by atoms with E-state index in [2.05, 4.69) is 29.1 Å². The van der Waals surface area contributed by atoms with Crippen molar-refractivity contribution >= 4 is 15.9 Å². The van der Waals surface area contributed by atoms with Crippen molar-refractivity contribution in [1.82, 2.24) is 0 Å². The average Bonchev–Trinajstić information content (AvgIpc) is 2.27. The van der Waals surface area contributed by atoms with E-state index in [-0.39, 0.29) is 0 Å². The number of allylic oxidation sites excluding steroid dienone is 1. The highest BCUT2D eigenvalue weighted by molar-refractivity contribution is 9.10. The zero-order valence-electron chi connectivity index (χ0n) is 9.33. The normalized spacial score (nSPS) is 9.62. The average molecular weight is 283 g/mol. The summed E-state index contributed by atoms with van der Waals surface area (Å²) in [6.45, 7) is 8.04. The number of benzene rings is 1. The van der Waals surface area contributed by atoms with Crippen molar-refractivity contribution in [2.45, 2.75) is 6.42 Å². The SMILES string of the molecule is C=CCC(=C)COc1ccc(OC)cc1Br. The molecule has 1 rings (SSSR count). The first-order valence-electron chi connectivity index (χ1n) is 4.91. The van der Waals surface area contributed by atoms with E-state index < -0.39 is 0 Å². The quantitative estimate of drug-likeness (QED) is 0.735. The molecule has 0 saturated carbocycles. The molecule has 0 bridgehead atoms. The van der Waals surface area contributed by atoms with E-state index in [0.717, 1.165) is 28.0 Å². The number of methoxy groups -OCH3 is 1. The maximum absolute atomic E-state index is 5.60. The molecule has 0 unspecified atom stereocenters. The molecule has 0 N–H and O–H groups in total. The van der Waals surface area contributed by atoms with Gasteiger partial charge in [-0.3, -0.25) is 0 Å². The summed E-state index contributed by atoms with van der Waals surface area (Å²) in [4.78, 5) is 0. The van der Waals surface area contributed by atoms with Gasteiger partial charge in [-0.2, -0.15) is 0 Å². The summed E-state index contributed by atoms with van der Waals surface area (Å²) >= 11 is 3.42. The van der Waals surface area contributed by atoms with Gasteiger partial charge in [0.15, 0.2) is 0 Å². The molecule has 0 saturated heterocycles. The maximum atomic E-state index is 5.60. The first-order chi connectivity index (χ1) is 7.67. The van der Waals surface area contributed by atoms with Crippen molar-refractivity contribution in [1.29, 1.82) is 0 Å². The van der Waals surface area contributed by atoms with Crippen LogP contribution in [0.4, 0.5) is 0 Å². The molecular weight excluding hydrogens is 268 g/mol. The van der Waals surface area contributed by atoms with Crippen LogP contribution in [0, 0.1) is 0 Å². The Morgan fingerprint density at radius 2 is 2.25 bits per heavy atom. The van der Waals surface area contributed by atoms with E-state index in [1.807, 2.05) is 24.3 Å². The molecule has 86 valence electrons. The fourth-order valence-electron chi connectivity index (χ4n) is 1.17. The maximum Gasteiger partial charge on any atom is 0.134 e. The molecule has 0 heterocycles. The summed E-state index contributed by atoms with van der Waals surface area (Å²) in [5.74, 6) is 1.58. The Bertz CT molecular complexity index is 386. The molecule has 0 amide bonds. The Morgan fingerprint density at radius 3 is 2.81 bits per heavy atom. The molecule has 2 nitrogen and oxygen atoms in total. The summed E-state index contributed by atoms with van der Waals surface area (Å²) in [6.07, 6.45) is 2.59. The number of hydrogen-bond acceptors (Lipinski definition) is 2. The van der Waals surface area contributed by atoms with E-state index in [0.29, 0.717) is 6.61 Å². The third-order valence-corrected chi connectivity index (χ3v) is 2.62. The largest absolute Gasteiger partial charge is 0.497 e. The molecule has 16 heavy (non-hydrogen) atoms. The van der Waals surface area contributed by atoms with Crippen molar-refractivity contribution in [2.24, 2.45) is 0 Å². The minimum atomic E-state index is 0.497. The van der Waals surface area contributed by atoms with Gasteiger partial charge < -0.3 is 9.47 Å². The second-order valence-electron chi connectivity index (χ2n) is 3.33. The summed E-state index contributed by atoms with van der Waals surface area (Å²) in [7, 11) is 1.63. The molecule has 0 radical (unpaired) electrons. The molecule has 0 fully saturated rings. The van der Waals surface area contributed by atoms with E-state index in [1.54, 1.807) is 7.11 Å². The Morgan fingerprint density at radius 1 is 1.50 bits per heavy atom. The van der Waals surface area contributed by atoms with Crippen LogP contribution in [0.3, 0.4) is 0 Å². The summed E-state index contributed by atoms with van der Waals surface area (Å²) in [5.41, 5.74) is 0.998. The van der Waals surface area contributed by atoms with Gasteiger partial charge in [-0.25, -0.2) is 0 Å². The monoisotopic (exact) mass is 282 g/mol. The molecule has 1 aromatic carbocycles. The molecule has 0 spiro atoms. The predicted octanol–water partition coefficient (Wildman–Crippen LogP) is 3.97. The Kier molecular flexibility index (Phi) is 5.12. The fourth-order valence-corrected chi connectivity index (χ4v) is 1.64. The highest BCUT2D eigenvalue weighted by Gasteiger charge is 2.03. The third kappa shape index (κ3) is 3.74. The van der Waals surface area contributed by atoms with Crippen LogP contribution in [0.1, 0.15) is 6.42 Å². The summed E-state index contributed by atoms with van der Waals surface area (Å²) in [6, 6.07) is 5.59. The lowest BCUT2D eigenvalue weighted by Gasteiger charge is -2.10. The van der Waals surface area contributed by atoms with Crippen LogP contribution in [0.15, 0.2) is 47.5 Å². The standard InChI is InChI=1S/C13H15BrO2/c1-4-5-10(2)9-16-13-7-6-11(15-3)8-12(13)14/h4,6-8H,1-2,5,9H2,3H3. The van der Waals surface area contributed by atoms with Crippen LogP contribution in [0.2, 0.25) is 0 Å². The Balaban J connectivity index is 2.60. The van der Waals surface area contributed by atoms with Gasteiger partial charge >= 0.3 is 0 Å². The third-order valence-electron chi connectivity index (χ3n) is 2.00. The number of hydrogen-bond donors (Lipinski definition) is 0. The molecule has 0 aromatic heterocycles. The Labute approximate surface area is 105 Å². The highest BCUT2D eigenvalue weighted by atomic mass is 79.9. The van der Waals surface area contributed by atoms with Crippen molar-refractivity contribution in [3.63, 3.8) is 0 Å². The lowest BCUT2D eigenvalue weighted by atomic mass is 10.2. The van der Waals surface area contributed by atoms with E-state index in [9.17, 15) is 0 Å². The predicted molar refractivity (Wildman–Crippen MR) is 70.1 cm³/mol. The van der Waals surface area contributed by atoms with Crippen molar-refractivity contribution in [2.75, 3.05) is 13.7 Å². The Hall–Kier alpha value is -1.22. The smallest absolute Gasteiger partial charge is 0.134 e. The molecule has 0 aliphatic heterocycles. The van der Waals surface area contributed by atoms with Gasteiger partial charge in [0.1, 0.15) is 18.1 Å². The van der Waals surface area contributed by atoms with E-state index >= 15 is 0 Å². The minimum Gasteiger partial charge on any atom is -0.497 e. The fraction of sp³-hybridized carbons (Fsp3) is 0.231. The summed E-state index contributed by atoms with van der Waals surface area (Å²) < 4.78 is 11.6. The molecule has 0 atom stereocenters. The van der Waals surface area contributed by atoms with E-state index in [4.69, 9.17) is 9.47 Å². The molecular formula is C13H15BrO2. The van der Waals surface area contributed by atoms with Crippen molar-refractivity contribution < 1.29 is 9.47 Å². The van der Waals surface area contributed by atoms with Crippen LogP contribution < -0.4 is 9.47 Å². The zero-order chi connectivity index (χ0) is 12.0. The number of ether oxygens (including phenoxy) is 2. The highest BCUT2D eigenvalue weighted by Crippen LogP contribution is 2.29. The molecule has 1 aromatic rings. The van der Waals surface area contributed by atoms with E-state index in [1.165, 1.54) is 0 Å². The van der Waals surface area contributed by atoms with Gasteiger partial charge in [-0.15, -0.1) is 6.58 Å². The van der Waals surface area contributed by atoms with Gasteiger partial charge in [-0.05, 0) is 46.1 Å². The first kappa shape index (κ1) is 12.8. The van der Waals surface area contributed by atoms with Crippen LogP contribution in [0.25, 0.3) is 0 Å². The molecule has 3 heteroatoms. The van der Waals surface area contributed by atoms with Gasteiger partial charge in [0.25, 0.3) is 0 Å². The zero-order valence-corrected chi connectivity index (χ0v) is 10.9. The topological polar surface area (TPSA) is 18.5 Å². The molecule has 0 aliphatic carbocycles. The van der Waals surface area contributed by atoms with Gasteiger partial charge in [0.05, 0.1) is 11.6 Å². The lowest BCUT2D eigenvalue weighted by Crippen LogP contribution is -2.00. The second kappa shape index (κ2) is 6.38. The summed E-state index contributed by atoms with van der Waals surface area (Å²) in [5, 5.41) is 0. The van der Waals surface area contributed by atoms with Crippen LogP contribution in [-0.4, -0.2) is 13.7 Å². The molecule has 0 aliphatic rings. The number of halogens is 1. The first-order valence-corrected chi connectivity index (χ1v) is 5.70. The van der Waals surface area contributed by atoms with Gasteiger partial charge in [-0.1, -0.05) is 12.7 Å².